The van der Waals surface area contributed by atoms with Gasteiger partial charge < -0.3 is 4.74 Å². The number of ether oxygens (including phenoxy) is 1. The SMILES string of the molecule is CCOC(=O)C(C[PH+]=O)CC1CCCCC1. The molecule has 0 aromatic heterocycles. The Balaban J connectivity index is 2.42. The van der Waals surface area contributed by atoms with Crippen molar-refractivity contribution in [3.05, 3.63) is 0 Å². The molecule has 1 aliphatic carbocycles. The Hall–Kier alpha value is -0.430. The molecule has 0 heterocycles. The van der Waals surface area contributed by atoms with E-state index in [-0.39, 0.29) is 11.9 Å². The minimum absolute atomic E-state index is 0.140. The van der Waals surface area contributed by atoms with Crippen LogP contribution in [0.4, 0.5) is 0 Å². The summed E-state index contributed by atoms with van der Waals surface area (Å²) in [6.45, 7) is 2.23. The Morgan fingerprint density at radius 3 is 2.62 bits per heavy atom. The second kappa shape index (κ2) is 7.78. The quantitative estimate of drug-likeness (QED) is 0.533. The van der Waals surface area contributed by atoms with Crippen molar-refractivity contribution in [2.45, 2.75) is 45.4 Å². The van der Waals surface area contributed by atoms with E-state index in [1.165, 1.54) is 32.1 Å². The molecule has 2 unspecified atom stereocenters. The summed E-state index contributed by atoms with van der Waals surface area (Å²) >= 11 is 0. The molecular formula is C12H22O3P+. The number of esters is 1. The zero-order chi connectivity index (χ0) is 11.8. The van der Waals surface area contributed by atoms with Crippen molar-refractivity contribution in [1.29, 1.82) is 0 Å². The van der Waals surface area contributed by atoms with Gasteiger partial charge in [0.15, 0.2) is 6.16 Å². The van der Waals surface area contributed by atoms with Crippen LogP contribution in [0.1, 0.15) is 45.4 Å². The van der Waals surface area contributed by atoms with Gasteiger partial charge in [0.1, 0.15) is 5.92 Å². The summed E-state index contributed by atoms with van der Waals surface area (Å²) in [6, 6.07) is 0. The first-order valence-electron chi connectivity index (χ1n) is 6.29. The highest BCUT2D eigenvalue weighted by Gasteiger charge is 2.27. The Bertz CT molecular complexity index is 224. The first-order valence-corrected chi connectivity index (χ1v) is 7.41. The highest BCUT2D eigenvalue weighted by molar-refractivity contribution is 7.23. The standard InChI is InChI=1S/C12H21O3P/c1-2-15-12(13)11(9-16-14)8-10-6-4-3-5-7-10/h10-11H,2-9H2,1H3/p+1. The Morgan fingerprint density at radius 2 is 2.06 bits per heavy atom. The molecule has 1 saturated carbocycles. The van der Waals surface area contributed by atoms with Gasteiger partial charge in [-0.1, -0.05) is 36.7 Å². The molecule has 4 heteroatoms. The van der Waals surface area contributed by atoms with Crippen molar-refractivity contribution >= 4 is 14.4 Å². The van der Waals surface area contributed by atoms with E-state index in [1.54, 1.807) is 0 Å². The number of carbonyl (C=O) groups is 1. The highest BCUT2D eigenvalue weighted by Crippen LogP contribution is 2.30. The summed E-state index contributed by atoms with van der Waals surface area (Å²) in [5, 5.41) is 0. The summed E-state index contributed by atoms with van der Waals surface area (Å²) in [4.78, 5) is 11.7. The lowest BCUT2D eigenvalue weighted by Gasteiger charge is -2.23. The van der Waals surface area contributed by atoms with E-state index in [0.29, 0.717) is 18.7 Å². The fourth-order valence-electron chi connectivity index (χ4n) is 2.45. The van der Waals surface area contributed by atoms with Crippen LogP contribution in [-0.4, -0.2) is 18.7 Å². The summed E-state index contributed by atoms with van der Waals surface area (Å²) in [7, 11) is -0.394. The average Bonchev–Trinajstić information content (AvgIpc) is 2.30. The predicted octanol–water partition coefficient (Wildman–Crippen LogP) is 3.16. The van der Waals surface area contributed by atoms with Crippen LogP contribution >= 0.6 is 8.46 Å². The summed E-state index contributed by atoms with van der Waals surface area (Å²) < 4.78 is 15.7. The number of hydrogen-bond acceptors (Lipinski definition) is 3. The summed E-state index contributed by atoms with van der Waals surface area (Å²) in [6.07, 6.45) is 7.66. The van der Waals surface area contributed by atoms with Crippen LogP contribution < -0.4 is 0 Å². The van der Waals surface area contributed by atoms with Crippen molar-refractivity contribution in [2.75, 3.05) is 12.8 Å². The second-order valence-corrected chi connectivity index (χ2v) is 5.23. The van der Waals surface area contributed by atoms with Crippen molar-refractivity contribution in [1.82, 2.24) is 0 Å². The molecule has 3 nitrogen and oxygen atoms in total. The molecule has 1 aliphatic rings. The fraction of sp³-hybridized carbons (Fsp3) is 0.917. The zero-order valence-corrected chi connectivity index (χ0v) is 11.0. The Labute approximate surface area is 99.1 Å². The van der Waals surface area contributed by atoms with Gasteiger partial charge in [0, 0.05) is 0 Å². The molecule has 0 aliphatic heterocycles. The second-order valence-electron chi connectivity index (χ2n) is 4.54. The van der Waals surface area contributed by atoms with Crippen LogP contribution in [0.15, 0.2) is 0 Å². The van der Waals surface area contributed by atoms with E-state index in [9.17, 15) is 9.36 Å². The van der Waals surface area contributed by atoms with Crippen molar-refractivity contribution in [3.63, 3.8) is 0 Å². The van der Waals surface area contributed by atoms with E-state index in [4.69, 9.17) is 4.74 Å². The topological polar surface area (TPSA) is 43.4 Å². The summed E-state index contributed by atoms with van der Waals surface area (Å²) in [5.74, 6) is 0.342. The number of carbonyl (C=O) groups excluding carboxylic acids is 1. The molecular weight excluding hydrogens is 223 g/mol. The molecule has 0 spiro atoms. The van der Waals surface area contributed by atoms with Gasteiger partial charge in [-0.3, -0.25) is 4.79 Å². The van der Waals surface area contributed by atoms with E-state index in [1.807, 2.05) is 6.92 Å². The Kier molecular flexibility index (Phi) is 6.63. The maximum atomic E-state index is 11.7. The molecule has 92 valence electrons. The van der Waals surface area contributed by atoms with E-state index in [0.717, 1.165) is 6.42 Å². The molecule has 0 saturated heterocycles. The van der Waals surface area contributed by atoms with Gasteiger partial charge in [0.05, 0.1) is 6.61 Å². The molecule has 0 N–H and O–H groups in total. The smallest absolute Gasteiger partial charge is 0.325 e. The minimum atomic E-state index is -0.394. The number of rotatable bonds is 6. The van der Waals surface area contributed by atoms with Crippen LogP contribution in [-0.2, 0) is 14.1 Å². The molecule has 1 rings (SSSR count). The molecule has 0 aromatic rings. The lowest BCUT2D eigenvalue weighted by molar-refractivity contribution is -0.147. The van der Waals surface area contributed by atoms with Crippen LogP contribution in [0.3, 0.4) is 0 Å². The summed E-state index contributed by atoms with van der Waals surface area (Å²) in [5.41, 5.74) is 0. The molecule has 16 heavy (non-hydrogen) atoms. The van der Waals surface area contributed by atoms with E-state index < -0.39 is 8.46 Å². The predicted molar refractivity (Wildman–Crippen MR) is 65.2 cm³/mol. The third-order valence-corrected chi connectivity index (χ3v) is 3.95. The first-order chi connectivity index (χ1) is 7.77. The van der Waals surface area contributed by atoms with Crippen molar-refractivity contribution in [2.24, 2.45) is 11.8 Å². The van der Waals surface area contributed by atoms with Crippen LogP contribution in [0.5, 0.6) is 0 Å². The molecule has 0 radical (unpaired) electrons. The fourth-order valence-corrected chi connectivity index (χ4v) is 2.98. The third-order valence-electron chi connectivity index (χ3n) is 3.29. The monoisotopic (exact) mass is 245 g/mol. The molecule has 0 amide bonds. The largest absolute Gasteiger partial charge is 0.466 e. The van der Waals surface area contributed by atoms with Gasteiger partial charge in [0.2, 0.25) is 0 Å². The van der Waals surface area contributed by atoms with Gasteiger partial charge in [-0.2, -0.15) is 0 Å². The molecule has 0 bridgehead atoms. The van der Waals surface area contributed by atoms with Crippen molar-refractivity contribution < 1.29 is 14.1 Å². The van der Waals surface area contributed by atoms with Crippen molar-refractivity contribution in [3.8, 4) is 0 Å². The maximum absolute atomic E-state index is 11.7. The van der Waals surface area contributed by atoms with Gasteiger partial charge in [-0.15, -0.1) is 0 Å². The highest BCUT2D eigenvalue weighted by atomic mass is 31.1. The maximum Gasteiger partial charge on any atom is 0.325 e. The van der Waals surface area contributed by atoms with Crippen LogP contribution in [0.25, 0.3) is 0 Å². The normalized spacial score (nSPS) is 19.6. The third kappa shape index (κ3) is 4.61. The lowest BCUT2D eigenvalue weighted by Crippen LogP contribution is -2.23. The van der Waals surface area contributed by atoms with E-state index >= 15 is 0 Å². The van der Waals surface area contributed by atoms with Gasteiger partial charge in [-0.05, 0) is 19.3 Å². The average molecular weight is 245 g/mol. The number of hydrogen-bond donors (Lipinski definition) is 0. The van der Waals surface area contributed by atoms with Gasteiger partial charge >= 0.3 is 14.4 Å². The molecule has 2 atom stereocenters. The van der Waals surface area contributed by atoms with Gasteiger partial charge in [0.25, 0.3) is 0 Å². The first kappa shape index (κ1) is 13.6. The van der Waals surface area contributed by atoms with E-state index in [2.05, 4.69) is 0 Å². The van der Waals surface area contributed by atoms with Gasteiger partial charge in [-0.25, -0.2) is 0 Å². The molecule has 0 aromatic carbocycles. The Morgan fingerprint density at radius 1 is 1.38 bits per heavy atom. The van der Waals surface area contributed by atoms with Crippen LogP contribution in [0.2, 0.25) is 0 Å². The molecule has 1 fully saturated rings. The minimum Gasteiger partial charge on any atom is -0.466 e. The van der Waals surface area contributed by atoms with Crippen LogP contribution in [0, 0.1) is 11.8 Å². The lowest BCUT2D eigenvalue weighted by atomic mass is 9.83. The zero-order valence-electron chi connectivity index (χ0n) is 10.0.